The topological polar surface area (TPSA) is 49.1 Å². The highest BCUT2D eigenvalue weighted by Crippen LogP contribution is 2.49. The Bertz CT molecular complexity index is 8680. The van der Waals surface area contributed by atoms with Crippen LogP contribution in [0.2, 0.25) is 0 Å². The predicted octanol–water partition coefficient (Wildman–Crippen LogP) is 34.9. The molecule has 6 heteroatoms. The van der Waals surface area contributed by atoms with E-state index in [1.807, 2.05) is 0 Å². The van der Waals surface area contributed by atoms with Crippen LogP contribution in [0.25, 0.3) is 185 Å². The SMILES string of the molecule is c1ccc(-c2ccc3cc(N(c4ccc5c(c4)oc4c6ccccc6ccc54)c4cccc5ccccc45)ccc3c2)cc1.c1ccc2c(-c3ccc(N(c4ccc5c(c4)oc4c6ccccc6ccc54)c4cccc5ccccc45)cc3)cccc2c1.c1ccc2c(N(c3ccc4c(c3)oc3c5ccccc5ccc43)c3cccc4ccccc34)cccc2c1. The van der Waals surface area contributed by atoms with Gasteiger partial charge in [-0.25, -0.2) is 0 Å². The second-order valence-corrected chi connectivity index (χ2v) is 32.5. The molecule has 6 nitrogen and oxygen atoms in total. The van der Waals surface area contributed by atoms with Crippen molar-refractivity contribution >= 4 is 214 Å². The van der Waals surface area contributed by atoms with Crippen molar-refractivity contribution < 1.29 is 13.3 Å². The van der Waals surface area contributed by atoms with Crippen molar-refractivity contribution in [3.8, 4) is 22.3 Å². The number of nitrogens with zero attached hydrogens (tertiary/aromatic N) is 3. The molecule has 0 aliphatic rings. The van der Waals surface area contributed by atoms with E-state index in [-0.39, 0.29) is 0 Å². The number of hydrogen-bond donors (Lipinski definition) is 0. The Morgan fingerprint density at radius 1 is 0.135 bits per heavy atom. The minimum atomic E-state index is 0.881. The highest BCUT2D eigenvalue weighted by atomic mass is 16.3. The normalized spacial score (nSPS) is 11.7. The van der Waals surface area contributed by atoms with Gasteiger partial charge in [-0.1, -0.05) is 340 Å². The molecule has 0 atom stereocenters. The maximum atomic E-state index is 6.61. The molecule has 0 fully saturated rings. The largest absolute Gasteiger partial charge is 0.455 e. The maximum absolute atomic E-state index is 6.61. The molecule has 0 aliphatic carbocycles. The number of benzene rings is 23. The Morgan fingerprint density at radius 3 is 0.825 bits per heavy atom. The Kier molecular flexibility index (Phi) is 17.8. The van der Waals surface area contributed by atoms with Crippen LogP contribution in [0.5, 0.6) is 0 Å². The number of fused-ring (bicyclic) bond motifs is 21. The first-order chi connectivity index (χ1) is 62.5. The van der Waals surface area contributed by atoms with Crippen LogP contribution in [0.1, 0.15) is 0 Å². The average molecular weight is 1610 g/mol. The van der Waals surface area contributed by atoms with Crippen LogP contribution in [-0.2, 0) is 0 Å². The van der Waals surface area contributed by atoms with Crippen molar-refractivity contribution in [2.45, 2.75) is 0 Å². The van der Waals surface area contributed by atoms with Gasteiger partial charge in [0.25, 0.3) is 0 Å². The molecule has 126 heavy (non-hydrogen) atoms. The zero-order valence-electron chi connectivity index (χ0n) is 68.5. The van der Waals surface area contributed by atoms with E-state index in [4.69, 9.17) is 13.3 Å². The van der Waals surface area contributed by atoms with Gasteiger partial charge in [0.15, 0.2) is 0 Å². The Labute approximate surface area is 726 Å². The summed E-state index contributed by atoms with van der Waals surface area (Å²) in [7, 11) is 0. The van der Waals surface area contributed by atoms with E-state index in [0.29, 0.717) is 0 Å². The third-order valence-electron chi connectivity index (χ3n) is 25.3. The molecule has 3 heterocycles. The third-order valence-corrected chi connectivity index (χ3v) is 25.3. The summed E-state index contributed by atoms with van der Waals surface area (Å²) in [5, 5.41) is 28.4. The fraction of sp³-hybridized carbons (Fsp3) is 0. The quantitative estimate of drug-likeness (QED) is 0.129. The first kappa shape index (κ1) is 73.1. The average Bonchev–Trinajstić information content (AvgIpc) is 1.55. The van der Waals surface area contributed by atoms with Gasteiger partial charge in [0.1, 0.15) is 33.5 Å². The molecule has 0 spiro atoms. The van der Waals surface area contributed by atoms with Crippen LogP contribution < -0.4 is 14.7 Å². The molecule has 0 N–H and O–H groups in total. The molecule has 0 amide bonds. The highest BCUT2D eigenvalue weighted by molar-refractivity contribution is 6.19. The van der Waals surface area contributed by atoms with Crippen LogP contribution in [0.4, 0.5) is 51.2 Å². The molecule has 3 aromatic heterocycles. The number of rotatable bonds is 11. The van der Waals surface area contributed by atoms with Crippen LogP contribution >= 0.6 is 0 Å². The zero-order chi connectivity index (χ0) is 83.1. The molecule has 0 saturated carbocycles. The molecule has 0 radical (unpaired) electrons. The second-order valence-electron chi connectivity index (χ2n) is 32.5. The smallest absolute Gasteiger partial charge is 0.143 e. The zero-order valence-corrected chi connectivity index (χ0v) is 68.5. The summed E-state index contributed by atoms with van der Waals surface area (Å²) < 4.78 is 19.8. The Hall–Kier alpha value is -16.8. The summed E-state index contributed by atoms with van der Waals surface area (Å²) in [6, 6.07) is 167. The van der Waals surface area contributed by atoms with Crippen molar-refractivity contribution in [3.05, 3.63) is 467 Å². The van der Waals surface area contributed by atoms with Gasteiger partial charge in [0, 0.05) is 117 Å². The Morgan fingerprint density at radius 2 is 0.405 bits per heavy atom. The summed E-state index contributed by atoms with van der Waals surface area (Å²) >= 11 is 0. The lowest BCUT2D eigenvalue weighted by Crippen LogP contribution is -2.11. The van der Waals surface area contributed by atoms with E-state index in [2.05, 4.69) is 482 Å². The molecule has 0 aliphatic heterocycles. The van der Waals surface area contributed by atoms with Crippen LogP contribution in [0.3, 0.4) is 0 Å². The molecular formula is C120H77N3O3. The number of hydrogen-bond acceptors (Lipinski definition) is 6. The van der Waals surface area contributed by atoms with E-state index < -0.39 is 0 Å². The molecule has 0 bridgehead atoms. The molecule has 26 rings (SSSR count). The Balaban J connectivity index is 0.000000106. The first-order valence-electron chi connectivity index (χ1n) is 43.0. The monoisotopic (exact) mass is 1610 g/mol. The van der Waals surface area contributed by atoms with Gasteiger partial charge < -0.3 is 28.0 Å². The van der Waals surface area contributed by atoms with Gasteiger partial charge in [-0.2, -0.15) is 0 Å². The lowest BCUT2D eigenvalue weighted by atomic mass is 9.98. The summed E-state index contributed by atoms with van der Waals surface area (Å²) in [5.41, 5.74) is 20.2. The molecule has 0 saturated heterocycles. The first-order valence-corrected chi connectivity index (χ1v) is 43.0. The summed E-state index contributed by atoms with van der Waals surface area (Å²) in [6.07, 6.45) is 0. The minimum absolute atomic E-state index is 0.881. The summed E-state index contributed by atoms with van der Waals surface area (Å²) in [4.78, 5) is 7.08. The molecule has 23 aromatic carbocycles. The fourth-order valence-corrected chi connectivity index (χ4v) is 19.2. The van der Waals surface area contributed by atoms with Gasteiger partial charge in [0.05, 0.1) is 22.7 Å². The van der Waals surface area contributed by atoms with Gasteiger partial charge in [-0.3, -0.25) is 0 Å². The van der Waals surface area contributed by atoms with E-state index >= 15 is 0 Å². The minimum Gasteiger partial charge on any atom is -0.455 e. The molecule has 0 unspecified atom stereocenters. The maximum Gasteiger partial charge on any atom is 0.143 e. The summed E-state index contributed by atoms with van der Waals surface area (Å²) in [5.74, 6) is 0. The van der Waals surface area contributed by atoms with Crippen molar-refractivity contribution in [2.75, 3.05) is 14.7 Å². The summed E-state index contributed by atoms with van der Waals surface area (Å²) in [6.45, 7) is 0. The van der Waals surface area contributed by atoms with Gasteiger partial charge in [-0.15, -0.1) is 0 Å². The van der Waals surface area contributed by atoms with Gasteiger partial charge in [-0.05, 0) is 191 Å². The van der Waals surface area contributed by atoms with Crippen LogP contribution in [-0.4, -0.2) is 0 Å². The van der Waals surface area contributed by atoms with Crippen molar-refractivity contribution in [1.29, 1.82) is 0 Å². The van der Waals surface area contributed by atoms with Crippen LogP contribution in [0.15, 0.2) is 480 Å². The molecule has 26 aromatic rings. The van der Waals surface area contributed by atoms with Crippen molar-refractivity contribution in [1.82, 2.24) is 0 Å². The van der Waals surface area contributed by atoms with Gasteiger partial charge >= 0.3 is 0 Å². The van der Waals surface area contributed by atoms with E-state index in [1.165, 1.54) is 103 Å². The fourth-order valence-electron chi connectivity index (χ4n) is 19.2. The van der Waals surface area contributed by atoms with Gasteiger partial charge in [0.2, 0.25) is 0 Å². The van der Waals surface area contributed by atoms with Crippen LogP contribution in [0, 0.1) is 0 Å². The van der Waals surface area contributed by atoms with Crippen molar-refractivity contribution in [2.24, 2.45) is 0 Å². The molecular weight excluding hydrogens is 1530 g/mol. The van der Waals surface area contributed by atoms with E-state index in [0.717, 1.165) is 133 Å². The highest BCUT2D eigenvalue weighted by Gasteiger charge is 2.25. The second kappa shape index (κ2) is 30.7. The number of anilines is 9. The van der Waals surface area contributed by atoms with E-state index in [9.17, 15) is 0 Å². The lowest BCUT2D eigenvalue weighted by molar-refractivity contribution is 0.672. The molecule has 590 valence electrons. The van der Waals surface area contributed by atoms with E-state index in [1.54, 1.807) is 0 Å². The lowest BCUT2D eigenvalue weighted by Gasteiger charge is -2.28. The number of furan rings is 3. The van der Waals surface area contributed by atoms with Crippen molar-refractivity contribution in [3.63, 3.8) is 0 Å². The third kappa shape index (κ3) is 12.8. The standard InChI is InChI=1S/2C42H27NO.C36H23NO/c1-4-14-34-28(9-1)12-7-17-35(34)31-19-22-32(23-20-31)43(40-18-8-13-29-10-2-5-15-36(29)40)33-24-26-38-39-25-21-30-11-3-6-16-37(30)42(39)44-41(38)27-33;1-2-9-28(10-3-1)31-17-18-33-26-34(21-19-32(33)25-31)43(40-16-8-13-29-11-4-6-14-36(29)40)35-22-24-38-39-23-20-30-12-5-7-15-37(30)42(39)44-41(38)27-35;1-4-14-28-24(9-1)12-7-17-33(28)37(34-18-8-13-25-10-2-5-15-29(25)34)27-20-22-31-32-21-19-26-11-3-6-16-30(26)36(32)38-35(31)23-27/h2*1-27H;1-23H. The predicted molar refractivity (Wildman–Crippen MR) is 534 cm³/mol.